The Morgan fingerprint density at radius 3 is 2.77 bits per heavy atom. The van der Waals surface area contributed by atoms with Gasteiger partial charge in [-0.3, -0.25) is 4.79 Å². The lowest BCUT2D eigenvalue weighted by Crippen LogP contribution is -2.35. The third-order valence-corrected chi connectivity index (χ3v) is 5.63. The van der Waals surface area contributed by atoms with Gasteiger partial charge in [-0.25, -0.2) is 19.3 Å². The number of hydrogen-bond acceptors (Lipinski definition) is 7. The lowest BCUT2D eigenvalue weighted by atomic mass is 10.0. The molecule has 10 heteroatoms. The van der Waals surface area contributed by atoms with E-state index in [0.29, 0.717) is 27.9 Å². The number of aryl methyl sites for hydroxylation is 1. The van der Waals surface area contributed by atoms with Gasteiger partial charge in [0.15, 0.2) is 11.5 Å². The Hall–Kier alpha value is -3.56. The van der Waals surface area contributed by atoms with E-state index in [-0.39, 0.29) is 35.5 Å². The number of benzene rings is 1. The standard InChI is InChI=1S/C21H24FN7O2/c1-11(5-6-13(3)28(4)20(30)19-24-7-8-31-19)17-26-18-15-10-14(22)9-12(2)16(15)25-21(23)29(18)27-17/h7-11,13H,5-6H2,1-4H3,(H2,23,25)/t11-,13-/m0/s1. The quantitative estimate of drug-likeness (QED) is 0.504. The molecule has 0 fully saturated rings. The van der Waals surface area contributed by atoms with Crippen molar-refractivity contribution in [2.45, 2.75) is 45.6 Å². The van der Waals surface area contributed by atoms with Crippen LogP contribution >= 0.6 is 0 Å². The molecule has 0 unspecified atom stereocenters. The summed E-state index contributed by atoms with van der Waals surface area (Å²) in [6.45, 7) is 5.76. The number of hydrogen-bond donors (Lipinski definition) is 1. The molecule has 2 N–H and O–H groups in total. The average molecular weight is 425 g/mol. The summed E-state index contributed by atoms with van der Waals surface area (Å²) < 4.78 is 20.5. The van der Waals surface area contributed by atoms with Gasteiger partial charge in [0.2, 0.25) is 5.95 Å². The van der Waals surface area contributed by atoms with Gasteiger partial charge in [-0.05, 0) is 44.4 Å². The highest BCUT2D eigenvalue weighted by Crippen LogP contribution is 2.27. The van der Waals surface area contributed by atoms with Gasteiger partial charge in [-0.2, -0.15) is 4.52 Å². The zero-order chi connectivity index (χ0) is 22.3. The number of rotatable bonds is 6. The van der Waals surface area contributed by atoms with Crippen LogP contribution in [0.25, 0.3) is 16.6 Å². The van der Waals surface area contributed by atoms with Crippen molar-refractivity contribution >= 4 is 28.4 Å². The molecule has 0 saturated heterocycles. The van der Waals surface area contributed by atoms with E-state index in [1.165, 1.54) is 29.1 Å². The van der Waals surface area contributed by atoms with Crippen LogP contribution in [0.5, 0.6) is 0 Å². The van der Waals surface area contributed by atoms with Crippen molar-refractivity contribution in [1.82, 2.24) is 29.5 Å². The van der Waals surface area contributed by atoms with E-state index in [1.807, 2.05) is 13.8 Å². The third kappa shape index (κ3) is 3.80. The maximum atomic E-state index is 14.0. The molecule has 3 aromatic heterocycles. The number of amides is 1. The molecule has 0 radical (unpaired) electrons. The van der Waals surface area contributed by atoms with Crippen molar-refractivity contribution in [2.24, 2.45) is 0 Å². The second kappa shape index (κ2) is 7.93. The highest BCUT2D eigenvalue weighted by molar-refractivity contribution is 5.94. The van der Waals surface area contributed by atoms with E-state index in [4.69, 9.17) is 10.2 Å². The van der Waals surface area contributed by atoms with Crippen molar-refractivity contribution in [3.05, 3.63) is 47.7 Å². The number of fused-ring (bicyclic) bond motifs is 3. The van der Waals surface area contributed by atoms with Crippen LogP contribution in [0.2, 0.25) is 0 Å². The van der Waals surface area contributed by atoms with E-state index < -0.39 is 0 Å². The zero-order valence-electron chi connectivity index (χ0n) is 17.8. The van der Waals surface area contributed by atoms with Crippen LogP contribution in [-0.4, -0.2) is 48.5 Å². The Morgan fingerprint density at radius 2 is 2.06 bits per heavy atom. The second-order valence-corrected chi connectivity index (χ2v) is 7.88. The summed E-state index contributed by atoms with van der Waals surface area (Å²) in [4.78, 5) is 26.9. The van der Waals surface area contributed by atoms with Crippen molar-refractivity contribution in [2.75, 3.05) is 12.8 Å². The van der Waals surface area contributed by atoms with Gasteiger partial charge in [0, 0.05) is 24.4 Å². The molecule has 2 atom stereocenters. The Morgan fingerprint density at radius 1 is 1.29 bits per heavy atom. The summed E-state index contributed by atoms with van der Waals surface area (Å²) in [5.74, 6) is 0.241. The number of aromatic nitrogens is 5. The van der Waals surface area contributed by atoms with E-state index in [1.54, 1.807) is 18.9 Å². The van der Waals surface area contributed by atoms with Crippen LogP contribution in [0.15, 0.2) is 29.0 Å². The van der Waals surface area contributed by atoms with E-state index in [0.717, 1.165) is 12.8 Å². The fourth-order valence-electron chi connectivity index (χ4n) is 3.58. The van der Waals surface area contributed by atoms with Crippen LogP contribution in [0, 0.1) is 12.7 Å². The van der Waals surface area contributed by atoms with Gasteiger partial charge >= 0.3 is 5.91 Å². The molecule has 0 saturated carbocycles. The number of anilines is 1. The van der Waals surface area contributed by atoms with Gasteiger partial charge in [0.05, 0.1) is 11.7 Å². The van der Waals surface area contributed by atoms with Crippen molar-refractivity contribution in [3.8, 4) is 0 Å². The number of oxazole rings is 1. The number of carbonyl (C=O) groups excluding carboxylic acids is 1. The molecule has 0 aliphatic carbocycles. The highest BCUT2D eigenvalue weighted by Gasteiger charge is 2.23. The summed E-state index contributed by atoms with van der Waals surface area (Å²) in [5, 5.41) is 5.08. The van der Waals surface area contributed by atoms with E-state index >= 15 is 0 Å². The number of carbonyl (C=O) groups is 1. The minimum atomic E-state index is -0.358. The van der Waals surface area contributed by atoms with Crippen LogP contribution in [0.1, 0.15) is 54.7 Å². The number of nitrogens with zero attached hydrogens (tertiary/aromatic N) is 6. The first-order chi connectivity index (χ1) is 14.8. The predicted molar refractivity (Wildman–Crippen MR) is 113 cm³/mol. The topological polar surface area (TPSA) is 115 Å². The summed E-state index contributed by atoms with van der Waals surface area (Å²) in [6, 6.07) is 2.78. The van der Waals surface area contributed by atoms with Crippen molar-refractivity contribution in [1.29, 1.82) is 0 Å². The fourth-order valence-corrected chi connectivity index (χ4v) is 3.58. The minimum absolute atomic E-state index is 0.00306. The maximum absolute atomic E-state index is 14.0. The molecule has 3 heterocycles. The Kier molecular flexibility index (Phi) is 5.30. The number of halogens is 1. The monoisotopic (exact) mass is 425 g/mol. The smallest absolute Gasteiger partial charge is 0.309 e. The maximum Gasteiger partial charge on any atom is 0.309 e. The highest BCUT2D eigenvalue weighted by atomic mass is 19.1. The van der Waals surface area contributed by atoms with Gasteiger partial charge in [-0.1, -0.05) is 6.92 Å². The molecule has 9 nitrogen and oxygen atoms in total. The lowest BCUT2D eigenvalue weighted by molar-refractivity contribution is 0.0694. The molecule has 0 aliphatic rings. The Labute approximate surface area is 178 Å². The lowest BCUT2D eigenvalue weighted by Gasteiger charge is -2.24. The summed E-state index contributed by atoms with van der Waals surface area (Å²) in [5.41, 5.74) is 7.86. The predicted octanol–water partition coefficient (Wildman–Crippen LogP) is 3.34. The van der Waals surface area contributed by atoms with Crippen molar-refractivity contribution in [3.63, 3.8) is 0 Å². The Bertz CT molecular complexity index is 1250. The molecule has 4 rings (SSSR count). The van der Waals surface area contributed by atoms with Crippen LogP contribution < -0.4 is 5.73 Å². The number of nitrogens with two attached hydrogens (primary N) is 1. The number of nitrogen functional groups attached to an aromatic ring is 1. The minimum Gasteiger partial charge on any atom is -0.441 e. The molecular weight excluding hydrogens is 401 g/mol. The first kappa shape index (κ1) is 20.7. The molecular formula is C21H24FN7O2. The molecule has 31 heavy (non-hydrogen) atoms. The van der Waals surface area contributed by atoms with Crippen molar-refractivity contribution < 1.29 is 13.6 Å². The molecule has 0 spiro atoms. The first-order valence-corrected chi connectivity index (χ1v) is 10.0. The van der Waals surface area contributed by atoms with Crippen LogP contribution in [0.4, 0.5) is 10.3 Å². The zero-order valence-corrected chi connectivity index (χ0v) is 17.8. The normalized spacial score (nSPS) is 13.6. The first-order valence-electron chi connectivity index (χ1n) is 10.0. The van der Waals surface area contributed by atoms with E-state index in [9.17, 15) is 9.18 Å². The van der Waals surface area contributed by atoms with Gasteiger partial charge in [-0.15, -0.1) is 5.10 Å². The molecule has 1 aromatic carbocycles. The van der Waals surface area contributed by atoms with Crippen LogP contribution in [-0.2, 0) is 0 Å². The molecule has 0 bridgehead atoms. The molecule has 162 valence electrons. The van der Waals surface area contributed by atoms with E-state index in [2.05, 4.69) is 20.1 Å². The second-order valence-electron chi connectivity index (χ2n) is 7.88. The third-order valence-electron chi connectivity index (χ3n) is 5.63. The summed E-state index contributed by atoms with van der Waals surface area (Å²) >= 11 is 0. The van der Waals surface area contributed by atoms with Gasteiger partial charge in [0.25, 0.3) is 5.89 Å². The Balaban J connectivity index is 1.54. The molecule has 1 amide bonds. The average Bonchev–Trinajstić information content (AvgIpc) is 3.42. The largest absolute Gasteiger partial charge is 0.441 e. The molecule has 4 aromatic rings. The molecule has 0 aliphatic heterocycles. The summed E-state index contributed by atoms with van der Waals surface area (Å²) in [6.07, 6.45) is 4.28. The SMILES string of the molecule is Cc1cc(F)cc2c1nc(N)n1nc([C@@H](C)CC[C@H](C)N(C)C(=O)c3ncco3)nc21. The van der Waals surface area contributed by atoms with Gasteiger partial charge in [0.1, 0.15) is 12.1 Å². The van der Waals surface area contributed by atoms with Crippen LogP contribution in [0.3, 0.4) is 0 Å². The fraction of sp³-hybridized carbons (Fsp3) is 0.381. The summed E-state index contributed by atoms with van der Waals surface area (Å²) in [7, 11) is 1.72. The van der Waals surface area contributed by atoms with Gasteiger partial charge < -0.3 is 15.1 Å².